The number of carbonyl (C=O) groups excluding carboxylic acids is 1. The number of nitrogen functional groups attached to an aromatic ring is 1. The molecule has 0 aliphatic carbocycles. The van der Waals surface area contributed by atoms with Crippen LogP contribution in [-0.2, 0) is 10.0 Å². The van der Waals surface area contributed by atoms with Crippen LogP contribution in [0.5, 0.6) is 11.5 Å². The number of fused-ring (bicyclic) bond motifs is 1. The highest BCUT2D eigenvalue weighted by Crippen LogP contribution is 2.35. The summed E-state index contributed by atoms with van der Waals surface area (Å²) in [5.41, 5.74) is 6.21. The number of hydrogen-bond acceptors (Lipinski definition) is 6. The number of anilines is 1. The van der Waals surface area contributed by atoms with Gasteiger partial charge in [0.1, 0.15) is 0 Å². The molecule has 20 heavy (non-hydrogen) atoms. The van der Waals surface area contributed by atoms with E-state index >= 15 is 0 Å². The highest BCUT2D eigenvalue weighted by atomic mass is 32.2. The van der Waals surface area contributed by atoms with E-state index in [1.165, 1.54) is 19.2 Å². The molecule has 1 aromatic carbocycles. The molecule has 110 valence electrons. The van der Waals surface area contributed by atoms with Crippen molar-refractivity contribution in [3.8, 4) is 11.5 Å². The molecule has 0 saturated carbocycles. The molecule has 1 aliphatic rings. The third-order valence-corrected chi connectivity index (χ3v) is 4.12. The molecule has 0 unspecified atom stereocenters. The molecule has 1 heterocycles. The summed E-state index contributed by atoms with van der Waals surface area (Å²) in [5.74, 6) is 0.246. The molecule has 1 aliphatic heterocycles. The van der Waals surface area contributed by atoms with Crippen LogP contribution in [0.1, 0.15) is 10.4 Å². The molecule has 0 spiro atoms. The Kier molecular flexibility index (Phi) is 4.00. The molecule has 4 N–H and O–H groups in total. The second-order valence-corrected chi connectivity index (χ2v) is 6.12. The van der Waals surface area contributed by atoms with E-state index in [0.717, 1.165) is 0 Å². The molecule has 1 amide bonds. The van der Waals surface area contributed by atoms with Crippen molar-refractivity contribution < 1.29 is 22.7 Å². The first kappa shape index (κ1) is 14.4. The number of amides is 1. The van der Waals surface area contributed by atoms with Crippen molar-refractivity contribution in [1.29, 1.82) is 0 Å². The maximum Gasteiger partial charge on any atom is 0.253 e. The Bertz CT molecular complexity index is 629. The molecule has 0 atom stereocenters. The fourth-order valence-electron chi connectivity index (χ4n) is 1.65. The van der Waals surface area contributed by atoms with Gasteiger partial charge in [0.05, 0.1) is 11.3 Å². The average molecular weight is 301 g/mol. The van der Waals surface area contributed by atoms with Crippen LogP contribution in [0.25, 0.3) is 0 Å². The zero-order chi connectivity index (χ0) is 14.8. The lowest BCUT2D eigenvalue weighted by molar-refractivity contribution is 0.0956. The van der Waals surface area contributed by atoms with Gasteiger partial charge in [0.15, 0.2) is 11.5 Å². The quantitative estimate of drug-likeness (QED) is 0.617. The van der Waals surface area contributed by atoms with Crippen LogP contribution >= 0.6 is 0 Å². The number of hydrogen-bond donors (Lipinski definition) is 3. The summed E-state index contributed by atoms with van der Waals surface area (Å²) in [6.07, 6.45) is 0. The van der Waals surface area contributed by atoms with E-state index in [-0.39, 0.29) is 30.3 Å². The number of nitrogens with one attached hydrogen (secondary N) is 2. The minimum absolute atomic E-state index is 0.0180. The fourth-order valence-corrected chi connectivity index (χ4v) is 2.23. The van der Waals surface area contributed by atoms with E-state index < -0.39 is 15.9 Å². The number of nitrogens with two attached hydrogens (primary N) is 1. The van der Waals surface area contributed by atoms with E-state index in [1.807, 2.05) is 0 Å². The Morgan fingerprint density at radius 1 is 1.35 bits per heavy atom. The van der Waals surface area contributed by atoms with Crippen molar-refractivity contribution in [1.82, 2.24) is 10.0 Å². The molecule has 1 aromatic rings. The summed E-state index contributed by atoms with van der Waals surface area (Å²) < 4.78 is 34.9. The van der Waals surface area contributed by atoms with Gasteiger partial charge in [-0.2, -0.15) is 0 Å². The van der Waals surface area contributed by atoms with Gasteiger partial charge in [-0.1, -0.05) is 0 Å². The van der Waals surface area contributed by atoms with Gasteiger partial charge in [0, 0.05) is 18.3 Å². The van der Waals surface area contributed by atoms with Crippen LogP contribution in [0.3, 0.4) is 0 Å². The van der Waals surface area contributed by atoms with Crippen LogP contribution in [0.15, 0.2) is 12.1 Å². The third-order valence-electron chi connectivity index (χ3n) is 2.76. The largest absolute Gasteiger partial charge is 0.454 e. The highest BCUT2D eigenvalue weighted by molar-refractivity contribution is 7.89. The highest BCUT2D eigenvalue weighted by Gasteiger charge is 2.19. The maximum atomic E-state index is 11.9. The number of ether oxygens (including phenoxy) is 2. The van der Waals surface area contributed by atoms with Gasteiger partial charge in [-0.05, 0) is 13.1 Å². The Morgan fingerprint density at radius 2 is 2.00 bits per heavy atom. The smallest absolute Gasteiger partial charge is 0.253 e. The monoisotopic (exact) mass is 301 g/mol. The van der Waals surface area contributed by atoms with Gasteiger partial charge < -0.3 is 20.5 Å². The molecule has 0 fully saturated rings. The summed E-state index contributed by atoms with van der Waals surface area (Å²) >= 11 is 0. The first-order chi connectivity index (χ1) is 9.43. The molecule has 2 rings (SSSR count). The summed E-state index contributed by atoms with van der Waals surface area (Å²) in [6.45, 7) is 0.0656. The van der Waals surface area contributed by atoms with Crippen LogP contribution in [0.2, 0.25) is 0 Å². The summed E-state index contributed by atoms with van der Waals surface area (Å²) in [5, 5.41) is 2.49. The predicted molar refractivity (Wildman–Crippen MR) is 72.2 cm³/mol. The second kappa shape index (κ2) is 5.55. The van der Waals surface area contributed by atoms with Gasteiger partial charge in [-0.3, -0.25) is 4.79 Å². The number of rotatable bonds is 5. The molecule has 8 nitrogen and oxygen atoms in total. The fraction of sp³-hybridized carbons (Fsp3) is 0.364. The van der Waals surface area contributed by atoms with Crippen LogP contribution in [-0.4, -0.2) is 40.5 Å². The first-order valence-electron chi connectivity index (χ1n) is 5.81. The molecule has 0 radical (unpaired) electrons. The van der Waals surface area contributed by atoms with Gasteiger partial charge >= 0.3 is 0 Å². The van der Waals surface area contributed by atoms with Gasteiger partial charge in [0.25, 0.3) is 5.91 Å². The van der Waals surface area contributed by atoms with E-state index in [1.54, 1.807) is 0 Å². The Labute approximate surface area is 116 Å². The topological polar surface area (TPSA) is 120 Å². The van der Waals surface area contributed by atoms with E-state index in [4.69, 9.17) is 15.2 Å². The van der Waals surface area contributed by atoms with Gasteiger partial charge in [0.2, 0.25) is 16.8 Å². The summed E-state index contributed by atoms with van der Waals surface area (Å²) in [4.78, 5) is 11.9. The summed E-state index contributed by atoms with van der Waals surface area (Å²) in [6, 6.07) is 2.97. The maximum absolute atomic E-state index is 11.9. The van der Waals surface area contributed by atoms with E-state index in [0.29, 0.717) is 11.5 Å². The number of carbonyl (C=O) groups is 1. The minimum atomic E-state index is -3.36. The molecule has 0 aromatic heterocycles. The van der Waals surface area contributed by atoms with E-state index in [2.05, 4.69) is 10.0 Å². The predicted octanol–water partition coefficient (Wildman–Crippen LogP) is -0.724. The van der Waals surface area contributed by atoms with E-state index in [9.17, 15) is 13.2 Å². The average Bonchev–Trinajstić information content (AvgIpc) is 2.84. The third kappa shape index (κ3) is 3.11. The first-order valence-corrected chi connectivity index (χ1v) is 7.47. The normalized spacial score (nSPS) is 13.2. The van der Waals surface area contributed by atoms with Crippen LogP contribution < -0.4 is 25.2 Å². The van der Waals surface area contributed by atoms with Gasteiger partial charge in [-0.25, -0.2) is 13.1 Å². The van der Waals surface area contributed by atoms with Gasteiger partial charge in [-0.15, -0.1) is 0 Å². The standard InChI is InChI=1S/C11H15N3O5S/c1-13-20(16,17)3-2-14-11(15)7-4-9-10(5-8(7)12)19-6-18-9/h4-5,13H,2-3,6,12H2,1H3,(H,14,15). The van der Waals surface area contributed by atoms with Crippen molar-refractivity contribution in [2.75, 3.05) is 31.9 Å². The SMILES string of the molecule is CNS(=O)(=O)CCNC(=O)c1cc2c(cc1N)OCO2. The molecular formula is C11H15N3O5S. The number of benzene rings is 1. The zero-order valence-corrected chi connectivity index (χ0v) is 11.6. The van der Waals surface area contributed by atoms with Crippen molar-refractivity contribution in [2.45, 2.75) is 0 Å². The molecular weight excluding hydrogens is 286 g/mol. The Hall–Kier alpha value is -2.00. The lowest BCUT2D eigenvalue weighted by Crippen LogP contribution is -2.33. The molecule has 0 saturated heterocycles. The zero-order valence-electron chi connectivity index (χ0n) is 10.8. The van der Waals surface area contributed by atoms with Crippen molar-refractivity contribution in [3.05, 3.63) is 17.7 Å². The molecule has 9 heteroatoms. The van der Waals surface area contributed by atoms with Crippen molar-refractivity contribution in [3.63, 3.8) is 0 Å². The summed E-state index contributed by atoms with van der Waals surface area (Å²) in [7, 11) is -2.05. The molecule has 0 bridgehead atoms. The van der Waals surface area contributed by atoms with Crippen LogP contribution in [0.4, 0.5) is 5.69 Å². The van der Waals surface area contributed by atoms with Crippen molar-refractivity contribution >= 4 is 21.6 Å². The van der Waals surface area contributed by atoms with Crippen molar-refractivity contribution in [2.24, 2.45) is 0 Å². The Morgan fingerprint density at radius 3 is 2.65 bits per heavy atom. The Balaban J connectivity index is 2.03. The van der Waals surface area contributed by atoms with Crippen LogP contribution in [0, 0.1) is 0 Å². The number of sulfonamides is 1. The lowest BCUT2D eigenvalue weighted by Gasteiger charge is -2.08. The lowest BCUT2D eigenvalue weighted by atomic mass is 10.1. The second-order valence-electron chi connectivity index (χ2n) is 4.07. The minimum Gasteiger partial charge on any atom is -0.454 e.